The number of rotatable bonds is 9. The van der Waals surface area contributed by atoms with Crippen molar-refractivity contribution >= 4 is 34.4 Å². The van der Waals surface area contributed by atoms with Gasteiger partial charge in [-0.1, -0.05) is 63.6 Å². The van der Waals surface area contributed by atoms with Gasteiger partial charge in [-0.2, -0.15) is 0 Å². The fraction of sp³-hybridized carbons (Fsp3) is 0.424. The summed E-state index contributed by atoms with van der Waals surface area (Å²) in [6, 6.07) is 16.1. The van der Waals surface area contributed by atoms with Crippen molar-refractivity contribution in [2.75, 3.05) is 32.1 Å². The molecular weight excluding hydrogens is 534 g/mol. The van der Waals surface area contributed by atoms with Crippen LogP contribution in [-0.2, 0) is 10.2 Å². The zero-order chi connectivity index (χ0) is 29.1. The fourth-order valence-electron chi connectivity index (χ4n) is 5.88. The van der Waals surface area contributed by atoms with Gasteiger partial charge in [-0.15, -0.1) is 0 Å². The molecule has 2 aliphatic rings. The van der Waals surface area contributed by atoms with E-state index in [0.717, 1.165) is 64.7 Å². The molecule has 1 saturated heterocycles. The average molecular weight is 574 g/mol. The van der Waals surface area contributed by atoms with Gasteiger partial charge in [0.15, 0.2) is 5.82 Å². The van der Waals surface area contributed by atoms with Gasteiger partial charge in [-0.25, -0.2) is 9.97 Å². The SMILES string of the molecule is CCN1CCCC1CNC(=O)c1cccc(C(C)(C)c2nc3ccccc3nc2NC2=C(Cl)C(C)CC(OC)=C2)c1. The highest BCUT2D eigenvalue weighted by Crippen LogP contribution is 2.38. The van der Waals surface area contributed by atoms with Gasteiger partial charge in [0.2, 0.25) is 0 Å². The molecule has 2 aromatic carbocycles. The first-order valence-electron chi connectivity index (χ1n) is 14.5. The van der Waals surface area contributed by atoms with Gasteiger partial charge in [0.05, 0.1) is 35.3 Å². The average Bonchev–Trinajstić information content (AvgIpc) is 3.45. The van der Waals surface area contributed by atoms with E-state index in [1.165, 1.54) is 6.42 Å². The summed E-state index contributed by atoms with van der Waals surface area (Å²) in [5.41, 5.74) is 4.13. The Bertz CT molecular complexity index is 1500. The van der Waals surface area contributed by atoms with Crippen LogP contribution in [0.15, 0.2) is 71.1 Å². The lowest BCUT2D eigenvalue weighted by Gasteiger charge is -2.29. The third-order valence-electron chi connectivity index (χ3n) is 8.43. The highest BCUT2D eigenvalue weighted by molar-refractivity contribution is 6.30. The first-order chi connectivity index (χ1) is 19.7. The van der Waals surface area contributed by atoms with E-state index < -0.39 is 5.41 Å². The number of ether oxygens (including phenoxy) is 1. The lowest BCUT2D eigenvalue weighted by molar-refractivity contribution is 0.0941. The second kappa shape index (κ2) is 12.2. The van der Waals surface area contributed by atoms with E-state index in [0.29, 0.717) is 24.0 Å². The van der Waals surface area contributed by atoms with Crippen molar-refractivity contribution in [3.8, 4) is 0 Å². The predicted octanol–water partition coefficient (Wildman–Crippen LogP) is 6.60. The zero-order valence-corrected chi connectivity index (χ0v) is 25.4. The van der Waals surface area contributed by atoms with Crippen LogP contribution in [0.25, 0.3) is 11.0 Å². The summed E-state index contributed by atoms with van der Waals surface area (Å²) >= 11 is 6.78. The number of nitrogens with one attached hydrogen (secondary N) is 2. The van der Waals surface area contributed by atoms with Gasteiger partial charge in [0.1, 0.15) is 0 Å². The largest absolute Gasteiger partial charge is 0.501 e. The number of halogens is 1. The molecule has 0 radical (unpaired) electrons. The normalized spacial score (nSPS) is 19.8. The van der Waals surface area contributed by atoms with E-state index in [4.69, 9.17) is 26.3 Å². The number of likely N-dealkylation sites (tertiary alicyclic amines) is 1. The van der Waals surface area contributed by atoms with Gasteiger partial charge in [0.25, 0.3) is 5.91 Å². The van der Waals surface area contributed by atoms with Crippen molar-refractivity contribution in [1.29, 1.82) is 0 Å². The molecule has 1 fully saturated rings. The number of methoxy groups -OCH3 is 1. The van der Waals surface area contributed by atoms with Gasteiger partial charge in [-0.3, -0.25) is 9.69 Å². The Morgan fingerprint density at radius 1 is 1.15 bits per heavy atom. The number of carbonyl (C=O) groups is 1. The summed E-state index contributed by atoms with van der Waals surface area (Å²) in [5, 5.41) is 7.40. The van der Waals surface area contributed by atoms with E-state index in [2.05, 4.69) is 43.2 Å². The maximum Gasteiger partial charge on any atom is 0.251 e. The molecule has 1 aliphatic carbocycles. The van der Waals surface area contributed by atoms with Crippen LogP contribution in [0.3, 0.4) is 0 Å². The molecule has 1 aromatic heterocycles. The molecule has 41 heavy (non-hydrogen) atoms. The molecule has 1 amide bonds. The molecule has 0 spiro atoms. The molecule has 2 N–H and O–H groups in total. The van der Waals surface area contributed by atoms with Gasteiger partial charge < -0.3 is 15.4 Å². The van der Waals surface area contributed by atoms with Crippen LogP contribution >= 0.6 is 11.6 Å². The number of carbonyl (C=O) groups excluding carboxylic acids is 1. The van der Waals surface area contributed by atoms with Crippen LogP contribution in [0.5, 0.6) is 0 Å². The third-order valence-corrected chi connectivity index (χ3v) is 9.01. The Labute approximate surface area is 248 Å². The number of hydrogen-bond donors (Lipinski definition) is 2. The smallest absolute Gasteiger partial charge is 0.251 e. The molecule has 2 heterocycles. The molecule has 2 atom stereocenters. The Kier molecular flexibility index (Phi) is 8.66. The number of likely N-dealkylation sites (N-methyl/N-ethyl adjacent to an activating group) is 1. The second-order valence-electron chi connectivity index (χ2n) is 11.6. The minimum Gasteiger partial charge on any atom is -0.501 e. The lowest BCUT2D eigenvalue weighted by atomic mass is 9.80. The second-order valence-corrected chi connectivity index (χ2v) is 12.0. The maximum absolute atomic E-state index is 13.2. The summed E-state index contributed by atoms with van der Waals surface area (Å²) in [4.78, 5) is 25.8. The number of amides is 1. The van der Waals surface area contributed by atoms with E-state index in [1.54, 1.807) is 7.11 Å². The van der Waals surface area contributed by atoms with Gasteiger partial charge in [-0.05, 0) is 55.8 Å². The van der Waals surface area contributed by atoms with Gasteiger partial charge >= 0.3 is 0 Å². The highest BCUT2D eigenvalue weighted by atomic mass is 35.5. The van der Waals surface area contributed by atoms with E-state index in [9.17, 15) is 4.79 Å². The number of nitrogens with zero attached hydrogens (tertiary/aromatic N) is 3. The number of hydrogen-bond acceptors (Lipinski definition) is 6. The van der Waals surface area contributed by atoms with Crippen LogP contribution in [0.1, 0.15) is 68.6 Å². The molecule has 216 valence electrons. The minimum absolute atomic E-state index is 0.0566. The van der Waals surface area contributed by atoms with Crippen molar-refractivity contribution in [3.05, 3.63) is 87.9 Å². The number of allylic oxidation sites excluding steroid dienone is 3. The fourth-order valence-corrected chi connectivity index (χ4v) is 6.05. The molecule has 8 heteroatoms. The summed E-state index contributed by atoms with van der Waals surface area (Å²) in [6.45, 7) is 11.3. The quantitative estimate of drug-likeness (QED) is 0.300. The monoisotopic (exact) mass is 573 g/mol. The Morgan fingerprint density at radius 2 is 1.90 bits per heavy atom. The Hall–Kier alpha value is -3.42. The summed E-state index contributed by atoms with van der Waals surface area (Å²) in [7, 11) is 1.68. The molecule has 0 saturated carbocycles. The molecular formula is C33H40ClN5O2. The maximum atomic E-state index is 13.2. The number of para-hydroxylation sites is 2. The molecule has 0 bridgehead atoms. The topological polar surface area (TPSA) is 79.4 Å². The zero-order valence-electron chi connectivity index (χ0n) is 24.6. The van der Waals surface area contributed by atoms with Crippen molar-refractivity contribution in [2.45, 2.75) is 58.4 Å². The third kappa shape index (κ3) is 6.11. The van der Waals surface area contributed by atoms with Crippen molar-refractivity contribution in [2.24, 2.45) is 5.92 Å². The molecule has 1 aliphatic heterocycles. The van der Waals surface area contributed by atoms with Crippen LogP contribution in [0.4, 0.5) is 5.82 Å². The lowest BCUT2D eigenvalue weighted by Crippen LogP contribution is -2.40. The highest BCUT2D eigenvalue weighted by Gasteiger charge is 2.31. The van der Waals surface area contributed by atoms with Gasteiger partial charge in [0, 0.05) is 47.0 Å². The van der Waals surface area contributed by atoms with Crippen molar-refractivity contribution in [3.63, 3.8) is 0 Å². The Morgan fingerprint density at radius 3 is 2.63 bits per heavy atom. The van der Waals surface area contributed by atoms with Crippen LogP contribution in [0, 0.1) is 5.92 Å². The van der Waals surface area contributed by atoms with E-state index >= 15 is 0 Å². The van der Waals surface area contributed by atoms with E-state index in [-0.39, 0.29) is 11.8 Å². The van der Waals surface area contributed by atoms with Crippen LogP contribution in [-0.4, -0.2) is 53.6 Å². The van der Waals surface area contributed by atoms with Crippen LogP contribution < -0.4 is 10.6 Å². The van der Waals surface area contributed by atoms with E-state index in [1.807, 2.05) is 54.6 Å². The number of benzene rings is 2. The van der Waals surface area contributed by atoms with Crippen LogP contribution in [0.2, 0.25) is 0 Å². The van der Waals surface area contributed by atoms with Crippen molar-refractivity contribution < 1.29 is 9.53 Å². The number of aromatic nitrogens is 2. The Balaban J connectivity index is 1.48. The summed E-state index contributed by atoms with van der Waals surface area (Å²) in [5.74, 6) is 1.54. The van der Waals surface area contributed by atoms with Crippen molar-refractivity contribution in [1.82, 2.24) is 20.2 Å². The molecule has 2 unspecified atom stereocenters. The number of anilines is 1. The molecule has 7 nitrogen and oxygen atoms in total. The number of fused-ring (bicyclic) bond motifs is 1. The predicted molar refractivity (Wildman–Crippen MR) is 166 cm³/mol. The summed E-state index contributed by atoms with van der Waals surface area (Å²) in [6.07, 6.45) is 4.99. The first kappa shape index (κ1) is 29.1. The standard InChI is InChI=1S/C33H40ClN5O2/c1-6-39-16-10-13-24(39)20-35-32(40)22-11-9-12-23(18-22)33(3,4)30-31(37-27-15-8-7-14-26(27)36-30)38-28-19-25(41-5)17-21(2)29(28)34/h7-9,11-12,14-15,18-19,21,24H,6,10,13,16-17,20H2,1-5H3,(H,35,40)(H,37,38). The molecule has 3 aromatic rings. The summed E-state index contributed by atoms with van der Waals surface area (Å²) < 4.78 is 5.57. The minimum atomic E-state index is -0.582. The molecule has 5 rings (SSSR count). The first-order valence-corrected chi connectivity index (χ1v) is 14.9.